The average Bonchev–Trinajstić information content (AvgIpc) is 3.57. The van der Waals surface area contributed by atoms with Crippen LogP contribution in [0.15, 0.2) is 126 Å². The van der Waals surface area contributed by atoms with E-state index in [1.807, 2.05) is 0 Å². The monoisotopic (exact) mass is 786 g/mol. The van der Waals surface area contributed by atoms with Crippen LogP contribution < -0.4 is 26.4 Å². The minimum Gasteiger partial charge on any atom is -0.468 e. The van der Waals surface area contributed by atoms with Gasteiger partial charge in [0.1, 0.15) is 5.58 Å². The largest absolute Gasteiger partial charge is 0.468 e. The molecule has 0 amide bonds. The normalized spacial score (nSPS) is 16.2. The average molecular weight is 787 g/mol. The molecule has 0 saturated carbocycles. The van der Waals surface area contributed by atoms with Crippen LogP contribution >= 0.6 is 0 Å². The molecule has 0 spiro atoms. The quantitative estimate of drug-likeness (QED) is 0.163. The summed E-state index contributed by atoms with van der Waals surface area (Å²) in [6, 6.07) is 46.6. The first-order chi connectivity index (χ1) is 28.2. The lowest BCUT2D eigenvalue weighted by atomic mass is 9.35. The molecular weight excluding hydrogens is 727 g/mol. The smallest absolute Gasteiger partial charge is 0.297 e. The summed E-state index contributed by atoms with van der Waals surface area (Å²) in [5.74, 6) is 0. The predicted molar refractivity (Wildman–Crippen MR) is 257 cm³/mol. The molecule has 3 aliphatic rings. The number of hydrogen-bond donors (Lipinski definition) is 0. The van der Waals surface area contributed by atoms with Gasteiger partial charge in [-0.2, -0.15) is 0 Å². The Hall–Kier alpha value is -5.48. The molecule has 6 aromatic carbocycles. The molecule has 3 heterocycles. The van der Waals surface area contributed by atoms with Crippen LogP contribution in [0.25, 0.3) is 11.0 Å². The Kier molecular flexibility index (Phi) is 8.09. The third-order valence-corrected chi connectivity index (χ3v) is 14.2. The number of anilines is 6. The van der Waals surface area contributed by atoms with Crippen molar-refractivity contribution in [3.05, 3.63) is 160 Å². The lowest BCUT2D eigenvalue weighted by Gasteiger charge is -2.44. The molecule has 0 saturated heterocycles. The molecule has 2 aliphatic heterocycles. The van der Waals surface area contributed by atoms with Gasteiger partial charge in [-0.3, -0.25) is 0 Å². The zero-order valence-electron chi connectivity index (χ0n) is 37.9. The van der Waals surface area contributed by atoms with Gasteiger partial charge < -0.3 is 14.2 Å². The van der Waals surface area contributed by atoms with Crippen molar-refractivity contribution in [3.8, 4) is 0 Å². The maximum atomic E-state index is 7.50. The van der Waals surface area contributed by atoms with Crippen LogP contribution in [0.1, 0.15) is 129 Å². The van der Waals surface area contributed by atoms with Crippen LogP contribution in [0.3, 0.4) is 0 Å². The van der Waals surface area contributed by atoms with E-state index in [-0.39, 0.29) is 33.8 Å². The maximum Gasteiger partial charge on any atom is 0.297 e. The molecule has 302 valence electrons. The molecule has 0 fully saturated rings. The van der Waals surface area contributed by atoms with Gasteiger partial charge in [-0.25, -0.2) is 0 Å². The van der Waals surface area contributed by atoms with E-state index in [0.29, 0.717) is 0 Å². The fraction of sp³-hybridized carbons (Fsp3) is 0.321. The zero-order valence-corrected chi connectivity index (χ0v) is 37.9. The number of rotatable bonds is 2. The highest BCUT2D eigenvalue weighted by Crippen LogP contribution is 2.53. The first-order valence-electron chi connectivity index (χ1n) is 22.0. The Balaban J connectivity index is 1.30. The molecule has 60 heavy (non-hydrogen) atoms. The van der Waals surface area contributed by atoms with Crippen LogP contribution in [0, 0.1) is 0 Å². The third-order valence-electron chi connectivity index (χ3n) is 14.2. The Labute approximate surface area is 358 Å². The van der Waals surface area contributed by atoms with Crippen LogP contribution in [-0.4, -0.2) is 6.71 Å². The minimum atomic E-state index is -0.194. The van der Waals surface area contributed by atoms with E-state index in [1.165, 1.54) is 66.9 Å². The van der Waals surface area contributed by atoms with Crippen molar-refractivity contribution in [2.24, 2.45) is 0 Å². The molecule has 0 bridgehead atoms. The van der Waals surface area contributed by atoms with Crippen molar-refractivity contribution >= 4 is 68.4 Å². The fourth-order valence-corrected chi connectivity index (χ4v) is 10.6. The van der Waals surface area contributed by atoms with E-state index in [1.54, 1.807) is 0 Å². The second-order valence-corrected chi connectivity index (χ2v) is 21.9. The van der Waals surface area contributed by atoms with Gasteiger partial charge in [-0.1, -0.05) is 157 Å². The molecule has 7 aromatic rings. The number of furan rings is 1. The summed E-state index contributed by atoms with van der Waals surface area (Å²) in [4.78, 5) is 5.02. The van der Waals surface area contributed by atoms with Crippen molar-refractivity contribution in [1.29, 1.82) is 0 Å². The van der Waals surface area contributed by atoms with Crippen molar-refractivity contribution < 1.29 is 4.42 Å². The molecule has 1 aliphatic carbocycles. The second kappa shape index (κ2) is 12.5. The molecule has 0 radical (unpaired) electrons. The van der Waals surface area contributed by atoms with Gasteiger partial charge in [0.15, 0.2) is 0 Å². The summed E-state index contributed by atoms with van der Waals surface area (Å²) in [7, 11) is 0. The summed E-state index contributed by atoms with van der Waals surface area (Å²) < 4.78 is 7.50. The molecule has 4 heteroatoms. The van der Waals surface area contributed by atoms with Crippen molar-refractivity contribution in [1.82, 2.24) is 0 Å². The van der Waals surface area contributed by atoms with Crippen LogP contribution in [0.2, 0.25) is 0 Å². The van der Waals surface area contributed by atoms with E-state index < -0.39 is 0 Å². The summed E-state index contributed by atoms with van der Waals surface area (Å²) in [5, 5.41) is 1.16. The summed E-state index contributed by atoms with van der Waals surface area (Å²) in [6.07, 6.45) is 0. The van der Waals surface area contributed by atoms with Crippen molar-refractivity contribution in [2.45, 2.75) is 117 Å². The molecule has 0 N–H and O–H groups in total. The number of nitrogens with zero attached hydrogens (tertiary/aromatic N) is 2. The highest BCUT2D eigenvalue weighted by molar-refractivity contribution is 7.00. The Morgan fingerprint density at radius 3 is 1.48 bits per heavy atom. The molecular formula is C56H59BN2O. The van der Waals surface area contributed by atoms with Gasteiger partial charge in [-0.05, 0) is 121 Å². The first kappa shape index (κ1) is 38.7. The van der Waals surface area contributed by atoms with E-state index in [9.17, 15) is 0 Å². The fourth-order valence-electron chi connectivity index (χ4n) is 10.6. The summed E-state index contributed by atoms with van der Waals surface area (Å²) in [6.45, 7) is 30.2. The van der Waals surface area contributed by atoms with Gasteiger partial charge in [-0.15, -0.1) is 0 Å². The number of benzene rings is 6. The lowest BCUT2D eigenvalue weighted by molar-refractivity contribution is 0.520. The predicted octanol–water partition coefficient (Wildman–Crippen LogP) is 13.4. The highest BCUT2D eigenvalue weighted by Gasteiger charge is 2.48. The third kappa shape index (κ3) is 5.55. The SMILES string of the molecule is CC(C)(C)c1ccc(N2c3ccc(C(C)(C)C)cc3B3c4oc5cc6c(cc5c4N(c4ccc(C(C)(C)C)cc4)c4cccc2c43)C(C)(C)c2ccccc2C6(C)C)cc1. The van der Waals surface area contributed by atoms with E-state index in [4.69, 9.17) is 4.42 Å². The Morgan fingerprint density at radius 1 is 0.467 bits per heavy atom. The zero-order chi connectivity index (χ0) is 42.5. The maximum absolute atomic E-state index is 7.50. The van der Waals surface area contributed by atoms with Crippen LogP contribution in [0.5, 0.6) is 0 Å². The van der Waals surface area contributed by atoms with E-state index in [0.717, 1.165) is 33.7 Å². The van der Waals surface area contributed by atoms with Gasteiger partial charge in [0, 0.05) is 44.7 Å². The van der Waals surface area contributed by atoms with Gasteiger partial charge in [0.2, 0.25) is 0 Å². The molecule has 10 rings (SSSR count). The van der Waals surface area contributed by atoms with E-state index in [2.05, 4.69) is 221 Å². The number of hydrogen-bond acceptors (Lipinski definition) is 3. The molecule has 0 atom stereocenters. The Morgan fingerprint density at radius 2 is 0.950 bits per heavy atom. The minimum absolute atomic E-state index is 0.0363. The van der Waals surface area contributed by atoms with E-state index >= 15 is 0 Å². The van der Waals surface area contributed by atoms with Crippen LogP contribution in [-0.2, 0) is 27.1 Å². The standard InChI is InChI=1S/C56H59BN2O/c1-52(2,3)34-21-26-37(27-22-34)58-45-30-25-36(54(7,8)9)31-44(45)57-49-46(58)19-16-20-47(49)59(38-28-23-35(24-29-38)53(4,5)6)50-39-32-42-43(33-48(39)60-51(50)57)56(12,13)41-18-15-14-17-40(41)55(42,10)11/h14-33H,1-13H3. The number of fused-ring (bicyclic) bond motifs is 8. The molecule has 3 nitrogen and oxygen atoms in total. The first-order valence-corrected chi connectivity index (χ1v) is 22.0. The van der Waals surface area contributed by atoms with Crippen LogP contribution in [0.4, 0.5) is 34.1 Å². The second-order valence-electron chi connectivity index (χ2n) is 21.9. The summed E-state index contributed by atoms with van der Waals surface area (Å²) in [5.41, 5.74) is 20.7. The lowest BCUT2D eigenvalue weighted by Crippen LogP contribution is -2.61. The van der Waals surface area contributed by atoms with Gasteiger partial charge >= 0.3 is 0 Å². The molecule has 0 unspecified atom stereocenters. The summed E-state index contributed by atoms with van der Waals surface area (Å²) >= 11 is 0. The highest BCUT2D eigenvalue weighted by atomic mass is 16.3. The topological polar surface area (TPSA) is 19.6 Å². The van der Waals surface area contributed by atoms with Gasteiger partial charge in [0.05, 0.1) is 11.3 Å². The molecule has 1 aromatic heterocycles. The van der Waals surface area contributed by atoms with Crippen molar-refractivity contribution in [3.63, 3.8) is 0 Å². The Bertz CT molecular complexity index is 2870. The van der Waals surface area contributed by atoms with Crippen molar-refractivity contribution in [2.75, 3.05) is 9.80 Å². The van der Waals surface area contributed by atoms with Gasteiger partial charge in [0.25, 0.3) is 6.71 Å².